The van der Waals surface area contributed by atoms with Gasteiger partial charge in [-0.2, -0.15) is 0 Å². The molecule has 1 aliphatic rings. The first-order valence-corrected chi connectivity index (χ1v) is 9.95. The van der Waals surface area contributed by atoms with E-state index < -0.39 is 0 Å². The summed E-state index contributed by atoms with van der Waals surface area (Å²) < 4.78 is 16.8. The maximum Gasteiger partial charge on any atom is 0.252 e. The zero-order valence-corrected chi connectivity index (χ0v) is 16.4. The molecule has 0 aromatic carbocycles. The molecule has 0 radical (unpaired) electrons. The Kier molecular flexibility index (Phi) is 6.45. The lowest BCUT2D eigenvalue weighted by Gasteiger charge is -2.32. The van der Waals surface area contributed by atoms with Gasteiger partial charge in [-0.15, -0.1) is 11.3 Å². The summed E-state index contributed by atoms with van der Waals surface area (Å²) in [5.74, 6) is 0.725. The van der Waals surface area contributed by atoms with Crippen molar-refractivity contribution in [1.82, 2.24) is 10.5 Å². The number of nitrogens with zero attached hydrogens (tertiary/aromatic N) is 1. The number of thiophene rings is 1. The molecule has 142 valence electrons. The Balaban J connectivity index is 1.60. The summed E-state index contributed by atoms with van der Waals surface area (Å²) >= 11 is 1.64. The van der Waals surface area contributed by atoms with Gasteiger partial charge in [0.2, 0.25) is 0 Å². The molecule has 3 rings (SSSR count). The quantitative estimate of drug-likeness (QED) is 0.799. The largest absolute Gasteiger partial charge is 0.379 e. The summed E-state index contributed by atoms with van der Waals surface area (Å²) in [5, 5.41) is 9.00. The normalized spacial score (nSPS) is 20.3. The lowest BCUT2D eigenvalue weighted by atomic mass is 10.1. The van der Waals surface area contributed by atoms with Crippen molar-refractivity contribution in [2.24, 2.45) is 0 Å². The van der Waals surface area contributed by atoms with Gasteiger partial charge < -0.3 is 19.3 Å². The standard InChI is InChI=1S/C19H26N2O4S/c1-4-5-15-8-14(11-26-15)19(22)20-17-6-7-23-10-18(17)24-9-16-12(2)21-25-13(16)3/h8,11,17-18H,4-7,9-10H2,1-3H3,(H,20,22)/t17-,18-/m1/s1. The second-order valence-electron chi connectivity index (χ2n) is 6.65. The van der Waals surface area contributed by atoms with Gasteiger partial charge in [-0.1, -0.05) is 18.5 Å². The van der Waals surface area contributed by atoms with Crippen LogP contribution in [0, 0.1) is 13.8 Å². The fourth-order valence-electron chi connectivity index (χ4n) is 3.07. The van der Waals surface area contributed by atoms with Gasteiger partial charge in [0.1, 0.15) is 11.9 Å². The molecule has 0 bridgehead atoms. The third-order valence-electron chi connectivity index (χ3n) is 4.66. The Morgan fingerprint density at radius 2 is 2.31 bits per heavy atom. The first-order chi connectivity index (χ1) is 12.6. The van der Waals surface area contributed by atoms with Crippen LogP contribution in [0.4, 0.5) is 0 Å². The van der Waals surface area contributed by atoms with Gasteiger partial charge in [-0.25, -0.2) is 0 Å². The maximum absolute atomic E-state index is 12.6. The first-order valence-electron chi connectivity index (χ1n) is 9.07. The average Bonchev–Trinajstić information content (AvgIpc) is 3.22. The van der Waals surface area contributed by atoms with Gasteiger partial charge in [0.25, 0.3) is 5.91 Å². The van der Waals surface area contributed by atoms with Crippen molar-refractivity contribution in [2.75, 3.05) is 13.2 Å². The molecule has 1 aliphatic heterocycles. The molecule has 26 heavy (non-hydrogen) atoms. The van der Waals surface area contributed by atoms with Gasteiger partial charge in [0.05, 0.1) is 30.5 Å². The highest BCUT2D eigenvalue weighted by Gasteiger charge is 2.29. The van der Waals surface area contributed by atoms with E-state index in [1.165, 1.54) is 4.88 Å². The molecule has 0 saturated carbocycles. The molecule has 3 heterocycles. The molecule has 2 aromatic rings. The zero-order chi connectivity index (χ0) is 18.5. The minimum atomic E-state index is -0.185. The van der Waals surface area contributed by atoms with E-state index in [-0.39, 0.29) is 18.1 Å². The number of aryl methyl sites for hydroxylation is 3. The Morgan fingerprint density at radius 1 is 1.46 bits per heavy atom. The number of carbonyl (C=O) groups is 1. The fourth-order valence-corrected chi connectivity index (χ4v) is 4.04. The molecule has 1 amide bonds. The van der Waals surface area contributed by atoms with Crippen molar-refractivity contribution in [3.05, 3.63) is 38.9 Å². The average molecular weight is 378 g/mol. The topological polar surface area (TPSA) is 73.6 Å². The molecular weight excluding hydrogens is 352 g/mol. The van der Waals surface area contributed by atoms with Crippen LogP contribution < -0.4 is 5.32 Å². The van der Waals surface area contributed by atoms with Crippen LogP contribution in [-0.4, -0.2) is 36.4 Å². The number of carbonyl (C=O) groups excluding carboxylic acids is 1. The van der Waals surface area contributed by atoms with E-state index >= 15 is 0 Å². The Morgan fingerprint density at radius 3 is 3.04 bits per heavy atom. The molecule has 2 aromatic heterocycles. The third-order valence-corrected chi connectivity index (χ3v) is 5.65. The zero-order valence-electron chi connectivity index (χ0n) is 15.5. The van der Waals surface area contributed by atoms with Gasteiger partial charge in [-0.3, -0.25) is 4.79 Å². The Labute approximate surface area is 157 Å². The van der Waals surface area contributed by atoms with Crippen molar-refractivity contribution in [1.29, 1.82) is 0 Å². The summed E-state index contributed by atoms with van der Waals surface area (Å²) in [7, 11) is 0. The molecule has 1 N–H and O–H groups in total. The SMILES string of the molecule is CCCc1cc(C(=O)N[C@@H]2CCOC[C@H]2OCc2c(C)noc2C)cs1. The van der Waals surface area contributed by atoms with Gasteiger partial charge in [0, 0.05) is 22.4 Å². The van der Waals surface area contributed by atoms with E-state index in [4.69, 9.17) is 14.0 Å². The number of rotatable bonds is 7. The highest BCUT2D eigenvalue weighted by Crippen LogP contribution is 2.20. The highest BCUT2D eigenvalue weighted by atomic mass is 32.1. The van der Waals surface area contributed by atoms with E-state index in [0.717, 1.165) is 41.8 Å². The molecule has 0 aliphatic carbocycles. The lowest BCUT2D eigenvalue weighted by molar-refractivity contribution is -0.0739. The lowest BCUT2D eigenvalue weighted by Crippen LogP contribution is -2.49. The van der Waals surface area contributed by atoms with Crippen molar-refractivity contribution >= 4 is 17.2 Å². The van der Waals surface area contributed by atoms with Crippen LogP contribution in [0.5, 0.6) is 0 Å². The number of hydrogen-bond donors (Lipinski definition) is 1. The van der Waals surface area contributed by atoms with Crippen molar-refractivity contribution in [3.63, 3.8) is 0 Å². The van der Waals surface area contributed by atoms with E-state index in [0.29, 0.717) is 19.8 Å². The van der Waals surface area contributed by atoms with Crippen LogP contribution in [0.1, 0.15) is 52.0 Å². The predicted octanol–water partition coefficient (Wildman–Crippen LogP) is 3.41. The molecule has 1 saturated heterocycles. The van der Waals surface area contributed by atoms with Crippen LogP contribution >= 0.6 is 11.3 Å². The van der Waals surface area contributed by atoms with Crippen LogP contribution in [-0.2, 0) is 22.5 Å². The van der Waals surface area contributed by atoms with Gasteiger partial charge in [0.15, 0.2) is 0 Å². The molecule has 1 fully saturated rings. The number of nitrogens with one attached hydrogen (secondary N) is 1. The molecular formula is C19H26N2O4S. The van der Waals surface area contributed by atoms with E-state index in [2.05, 4.69) is 17.4 Å². The van der Waals surface area contributed by atoms with E-state index in [1.807, 2.05) is 25.3 Å². The fraction of sp³-hybridized carbons (Fsp3) is 0.579. The summed E-state index contributed by atoms with van der Waals surface area (Å²) in [4.78, 5) is 13.8. The van der Waals surface area contributed by atoms with Gasteiger partial charge in [-0.05, 0) is 32.8 Å². The van der Waals surface area contributed by atoms with Gasteiger partial charge >= 0.3 is 0 Å². The number of hydrogen-bond acceptors (Lipinski definition) is 6. The monoisotopic (exact) mass is 378 g/mol. The van der Waals surface area contributed by atoms with E-state index in [9.17, 15) is 4.79 Å². The van der Waals surface area contributed by atoms with Crippen molar-refractivity contribution in [2.45, 2.75) is 58.8 Å². The second-order valence-corrected chi connectivity index (χ2v) is 7.64. The summed E-state index contributed by atoms with van der Waals surface area (Å²) in [6.07, 6.45) is 2.65. The summed E-state index contributed by atoms with van der Waals surface area (Å²) in [5.41, 5.74) is 2.53. The second kappa shape index (κ2) is 8.79. The minimum absolute atomic E-state index is 0.0403. The van der Waals surface area contributed by atoms with Crippen LogP contribution in [0.25, 0.3) is 0 Å². The minimum Gasteiger partial charge on any atom is -0.379 e. The maximum atomic E-state index is 12.6. The van der Waals surface area contributed by atoms with Crippen molar-refractivity contribution < 1.29 is 18.8 Å². The summed E-state index contributed by atoms with van der Waals surface area (Å²) in [6, 6.07) is 1.92. The first kappa shape index (κ1) is 19.1. The molecule has 0 spiro atoms. The Bertz CT molecular complexity index is 720. The highest BCUT2D eigenvalue weighted by molar-refractivity contribution is 7.10. The van der Waals surface area contributed by atoms with Crippen LogP contribution in [0.15, 0.2) is 16.0 Å². The van der Waals surface area contributed by atoms with Crippen LogP contribution in [0.3, 0.4) is 0 Å². The van der Waals surface area contributed by atoms with E-state index in [1.54, 1.807) is 11.3 Å². The number of aromatic nitrogens is 1. The number of ether oxygens (including phenoxy) is 2. The predicted molar refractivity (Wildman–Crippen MR) is 99.6 cm³/mol. The Hall–Kier alpha value is -1.70. The summed E-state index contributed by atoms with van der Waals surface area (Å²) in [6.45, 7) is 7.42. The smallest absolute Gasteiger partial charge is 0.252 e. The number of amides is 1. The molecule has 6 nitrogen and oxygen atoms in total. The molecule has 0 unspecified atom stereocenters. The molecule has 7 heteroatoms. The van der Waals surface area contributed by atoms with Crippen LogP contribution in [0.2, 0.25) is 0 Å². The van der Waals surface area contributed by atoms with Crippen molar-refractivity contribution in [3.8, 4) is 0 Å². The molecule has 2 atom stereocenters. The third kappa shape index (κ3) is 4.52.